The second-order valence-electron chi connectivity index (χ2n) is 3.54. The van der Waals surface area contributed by atoms with E-state index >= 15 is 0 Å². The molecule has 1 aliphatic rings. The highest BCUT2D eigenvalue weighted by Crippen LogP contribution is 2.27. The molecule has 12 heavy (non-hydrogen) atoms. The van der Waals surface area contributed by atoms with Crippen LogP contribution >= 0.6 is 0 Å². The average Bonchev–Trinajstić information content (AvgIpc) is 2.05. The number of nitrogens with two attached hydrogens (primary N) is 1. The second-order valence-corrected chi connectivity index (χ2v) is 3.54. The van der Waals surface area contributed by atoms with Crippen LogP contribution in [0.1, 0.15) is 19.8 Å². The number of rotatable bonds is 0. The number of urea groups is 1. The predicted octanol–water partition coefficient (Wildman–Crippen LogP) is 0.691. The highest BCUT2D eigenvalue weighted by atomic mass is 16.2. The number of amides is 2. The summed E-state index contributed by atoms with van der Waals surface area (Å²) < 4.78 is 0. The van der Waals surface area contributed by atoms with Gasteiger partial charge in [-0.15, -0.1) is 0 Å². The number of piperidine rings is 1. The van der Waals surface area contributed by atoms with Gasteiger partial charge in [0.25, 0.3) is 0 Å². The van der Waals surface area contributed by atoms with E-state index < -0.39 is 11.4 Å². The van der Waals surface area contributed by atoms with Gasteiger partial charge in [0.05, 0.1) is 11.5 Å². The Hall–Kier alpha value is -1.24. The van der Waals surface area contributed by atoms with E-state index in [1.54, 1.807) is 0 Å². The lowest BCUT2D eigenvalue weighted by molar-refractivity contribution is 0.155. The molecule has 0 saturated carbocycles. The minimum absolute atomic E-state index is 0.396. The third-order valence-corrected chi connectivity index (χ3v) is 2.28. The molecule has 1 aliphatic heterocycles. The zero-order chi connectivity index (χ0) is 9.19. The Kier molecular flexibility index (Phi) is 2.22. The molecule has 4 heteroatoms. The molecule has 0 aromatic heterocycles. The van der Waals surface area contributed by atoms with Crippen LogP contribution in [0.2, 0.25) is 0 Å². The summed E-state index contributed by atoms with van der Waals surface area (Å²) in [6.07, 6.45) is 1.72. The van der Waals surface area contributed by atoms with Gasteiger partial charge in [-0.1, -0.05) is 0 Å². The topological polar surface area (TPSA) is 70.1 Å². The first-order valence-electron chi connectivity index (χ1n) is 4.03. The molecule has 1 unspecified atom stereocenters. The molecule has 1 rings (SSSR count). The van der Waals surface area contributed by atoms with Gasteiger partial charge in [0.2, 0.25) is 0 Å². The molecule has 1 fully saturated rings. The van der Waals surface area contributed by atoms with Crippen molar-refractivity contribution >= 4 is 6.03 Å². The first-order chi connectivity index (χ1) is 5.57. The molecule has 2 amide bonds. The Morgan fingerprint density at radius 2 is 2.42 bits per heavy atom. The number of hydrogen-bond acceptors (Lipinski definition) is 2. The third-order valence-electron chi connectivity index (χ3n) is 2.28. The summed E-state index contributed by atoms with van der Waals surface area (Å²) in [4.78, 5) is 12.3. The van der Waals surface area contributed by atoms with Gasteiger partial charge < -0.3 is 10.6 Å². The summed E-state index contributed by atoms with van der Waals surface area (Å²) in [5.41, 5.74) is 4.73. The van der Waals surface area contributed by atoms with E-state index in [9.17, 15) is 4.79 Å². The van der Waals surface area contributed by atoms with E-state index in [0.717, 1.165) is 12.8 Å². The highest BCUT2D eigenvalue weighted by molar-refractivity contribution is 5.72. The smallest absolute Gasteiger partial charge is 0.314 e. The molecule has 1 atom stereocenters. The number of carbonyl (C=O) groups is 1. The average molecular weight is 167 g/mol. The molecule has 0 aliphatic carbocycles. The molecule has 0 radical (unpaired) electrons. The lowest BCUT2D eigenvalue weighted by atomic mass is 9.84. The molecular weight excluding hydrogens is 154 g/mol. The van der Waals surface area contributed by atoms with Gasteiger partial charge in [0.1, 0.15) is 0 Å². The van der Waals surface area contributed by atoms with Crippen LogP contribution in [0.15, 0.2) is 0 Å². The van der Waals surface area contributed by atoms with Crippen molar-refractivity contribution in [2.45, 2.75) is 19.8 Å². The van der Waals surface area contributed by atoms with Crippen molar-refractivity contribution in [3.8, 4) is 6.07 Å². The van der Waals surface area contributed by atoms with Crippen molar-refractivity contribution in [1.82, 2.24) is 4.90 Å². The van der Waals surface area contributed by atoms with Crippen LogP contribution in [0.4, 0.5) is 4.79 Å². The Balaban J connectivity index is 2.64. The normalized spacial score (nSPS) is 29.5. The Labute approximate surface area is 71.9 Å². The van der Waals surface area contributed by atoms with Crippen molar-refractivity contribution < 1.29 is 4.79 Å². The number of nitriles is 1. The van der Waals surface area contributed by atoms with Gasteiger partial charge in [-0.25, -0.2) is 4.79 Å². The molecular formula is C8H13N3O. The first kappa shape index (κ1) is 8.85. The largest absolute Gasteiger partial charge is 0.351 e. The summed E-state index contributed by atoms with van der Waals surface area (Å²) >= 11 is 0. The number of likely N-dealkylation sites (tertiary alicyclic amines) is 1. The van der Waals surface area contributed by atoms with Crippen LogP contribution in [-0.2, 0) is 0 Å². The van der Waals surface area contributed by atoms with Crippen molar-refractivity contribution in [1.29, 1.82) is 5.26 Å². The maximum absolute atomic E-state index is 10.8. The molecule has 0 aromatic carbocycles. The lowest BCUT2D eigenvalue weighted by Gasteiger charge is -2.34. The minimum atomic E-state index is -0.420. The number of nitrogens with zero attached hydrogens (tertiary/aromatic N) is 2. The standard InChI is InChI=1S/C8H13N3O/c1-8(5-9)3-2-4-11(6-8)7(10)12/h2-4,6H2,1H3,(H2,10,12). The van der Waals surface area contributed by atoms with Crippen LogP contribution in [0.5, 0.6) is 0 Å². The quantitative estimate of drug-likeness (QED) is 0.576. The van der Waals surface area contributed by atoms with Crippen LogP contribution < -0.4 is 5.73 Å². The first-order valence-corrected chi connectivity index (χ1v) is 4.03. The summed E-state index contributed by atoms with van der Waals surface area (Å²) in [7, 11) is 0. The minimum Gasteiger partial charge on any atom is -0.351 e. The third kappa shape index (κ3) is 1.67. The van der Waals surface area contributed by atoms with Crippen molar-refractivity contribution in [3.05, 3.63) is 0 Å². The number of carbonyl (C=O) groups excluding carboxylic acids is 1. The summed E-state index contributed by atoms with van der Waals surface area (Å²) in [5, 5.41) is 8.82. The Morgan fingerprint density at radius 3 is 2.92 bits per heavy atom. The van der Waals surface area contributed by atoms with Gasteiger partial charge in [-0.3, -0.25) is 0 Å². The van der Waals surface area contributed by atoms with E-state index in [4.69, 9.17) is 11.0 Å². The second kappa shape index (κ2) is 3.02. The number of primary amides is 1. The fourth-order valence-electron chi connectivity index (χ4n) is 1.52. The van der Waals surface area contributed by atoms with Crippen LogP contribution in [0.25, 0.3) is 0 Å². The van der Waals surface area contributed by atoms with Crippen LogP contribution in [0, 0.1) is 16.7 Å². The number of hydrogen-bond donors (Lipinski definition) is 1. The molecule has 0 aromatic rings. The van der Waals surface area contributed by atoms with Gasteiger partial charge in [-0.05, 0) is 19.8 Å². The van der Waals surface area contributed by atoms with E-state index in [-0.39, 0.29) is 0 Å². The van der Waals surface area contributed by atoms with E-state index in [1.807, 2.05) is 6.92 Å². The Morgan fingerprint density at radius 1 is 1.75 bits per heavy atom. The van der Waals surface area contributed by atoms with Crippen molar-refractivity contribution in [2.24, 2.45) is 11.1 Å². The maximum Gasteiger partial charge on any atom is 0.314 e. The lowest BCUT2D eigenvalue weighted by Crippen LogP contribution is -2.46. The summed E-state index contributed by atoms with van der Waals surface area (Å²) in [5.74, 6) is 0. The molecule has 4 nitrogen and oxygen atoms in total. The van der Waals surface area contributed by atoms with Crippen molar-refractivity contribution in [3.63, 3.8) is 0 Å². The molecule has 1 heterocycles. The zero-order valence-corrected chi connectivity index (χ0v) is 7.21. The summed E-state index contributed by atoms with van der Waals surface area (Å²) in [6, 6.07) is 1.80. The summed E-state index contributed by atoms with van der Waals surface area (Å²) in [6.45, 7) is 3.02. The van der Waals surface area contributed by atoms with E-state index in [1.165, 1.54) is 4.90 Å². The predicted molar refractivity (Wildman–Crippen MR) is 44.1 cm³/mol. The maximum atomic E-state index is 10.8. The highest BCUT2D eigenvalue weighted by Gasteiger charge is 2.32. The Bertz CT molecular complexity index is 233. The van der Waals surface area contributed by atoms with Crippen molar-refractivity contribution in [2.75, 3.05) is 13.1 Å². The molecule has 66 valence electrons. The zero-order valence-electron chi connectivity index (χ0n) is 7.21. The monoisotopic (exact) mass is 167 g/mol. The van der Waals surface area contributed by atoms with Crippen LogP contribution in [0.3, 0.4) is 0 Å². The van der Waals surface area contributed by atoms with Gasteiger partial charge >= 0.3 is 6.03 Å². The van der Waals surface area contributed by atoms with E-state index in [2.05, 4.69) is 6.07 Å². The van der Waals surface area contributed by atoms with Gasteiger partial charge in [-0.2, -0.15) is 5.26 Å². The fraction of sp³-hybridized carbons (Fsp3) is 0.750. The van der Waals surface area contributed by atoms with Crippen LogP contribution in [-0.4, -0.2) is 24.0 Å². The fourth-order valence-corrected chi connectivity index (χ4v) is 1.52. The molecule has 0 spiro atoms. The van der Waals surface area contributed by atoms with E-state index in [0.29, 0.717) is 13.1 Å². The molecule has 1 saturated heterocycles. The van der Waals surface area contributed by atoms with Gasteiger partial charge in [0.15, 0.2) is 0 Å². The molecule has 0 bridgehead atoms. The van der Waals surface area contributed by atoms with Gasteiger partial charge in [0, 0.05) is 13.1 Å². The SMILES string of the molecule is CC1(C#N)CCCN(C(N)=O)C1. The molecule has 2 N–H and O–H groups in total.